The Morgan fingerprint density at radius 2 is 2.25 bits per heavy atom. The topological polar surface area (TPSA) is 38.9 Å². The van der Waals surface area contributed by atoms with E-state index in [9.17, 15) is 0 Å². The molecule has 0 radical (unpaired) electrons. The number of nitrogens with zero attached hydrogens (tertiary/aromatic N) is 1. The molecular formula is C12H16N2S2. The summed E-state index contributed by atoms with van der Waals surface area (Å²) in [6, 6.07) is 4.60. The van der Waals surface area contributed by atoms with Crippen molar-refractivity contribution in [3.8, 4) is 10.6 Å². The molecule has 16 heavy (non-hydrogen) atoms. The molecule has 0 saturated carbocycles. The first-order chi connectivity index (χ1) is 7.69. The maximum atomic E-state index is 5.95. The Morgan fingerprint density at radius 1 is 1.44 bits per heavy atom. The van der Waals surface area contributed by atoms with Gasteiger partial charge in [0.1, 0.15) is 0 Å². The van der Waals surface area contributed by atoms with Gasteiger partial charge in [-0.25, -0.2) is 4.98 Å². The number of rotatable bonds is 4. The smallest absolute Gasteiger partial charge is 0.0914 e. The summed E-state index contributed by atoms with van der Waals surface area (Å²) in [5, 5.41) is 3.24. The minimum Gasteiger partial charge on any atom is -0.327 e. The molecule has 0 saturated heterocycles. The van der Waals surface area contributed by atoms with Crippen LogP contribution in [-0.4, -0.2) is 11.0 Å². The zero-order chi connectivity index (χ0) is 11.5. The molecule has 2 heterocycles. The second-order valence-corrected chi connectivity index (χ2v) is 6.12. The normalized spacial score (nSPS) is 12.9. The quantitative estimate of drug-likeness (QED) is 0.905. The van der Waals surface area contributed by atoms with Crippen LogP contribution in [0.2, 0.25) is 0 Å². The third kappa shape index (κ3) is 2.70. The fourth-order valence-corrected chi connectivity index (χ4v) is 3.25. The van der Waals surface area contributed by atoms with E-state index in [1.165, 1.54) is 9.75 Å². The van der Waals surface area contributed by atoms with Crippen LogP contribution in [0, 0.1) is 6.92 Å². The molecule has 4 heteroatoms. The van der Waals surface area contributed by atoms with Gasteiger partial charge in [-0.3, -0.25) is 0 Å². The number of nitrogens with two attached hydrogens (primary N) is 1. The van der Waals surface area contributed by atoms with E-state index >= 15 is 0 Å². The summed E-state index contributed by atoms with van der Waals surface area (Å²) in [6.45, 7) is 4.17. The molecule has 1 unspecified atom stereocenters. The van der Waals surface area contributed by atoms with Crippen molar-refractivity contribution in [3.05, 3.63) is 27.4 Å². The van der Waals surface area contributed by atoms with Crippen LogP contribution in [0.1, 0.15) is 23.2 Å². The second kappa shape index (κ2) is 5.08. The lowest BCUT2D eigenvalue weighted by Gasteiger charge is -2.04. The van der Waals surface area contributed by atoms with Crippen LogP contribution in [-0.2, 0) is 6.42 Å². The Balaban J connectivity index is 2.13. The van der Waals surface area contributed by atoms with E-state index in [4.69, 9.17) is 5.73 Å². The first-order valence-corrected chi connectivity index (χ1v) is 7.15. The largest absolute Gasteiger partial charge is 0.327 e. The summed E-state index contributed by atoms with van der Waals surface area (Å²) in [5.74, 6) is 0. The first-order valence-electron chi connectivity index (χ1n) is 5.46. The van der Waals surface area contributed by atoms with Gasteiger partial charge in [-0.1, -0.05) is 6.92 Å². The average Bonchev–Trinajstić information content (AvgIpc) is 2.87. The molecule has 0 bridgehead atoms. The molecule has 0 aromatic carbocycles. The molecule has 0 aliphatic carbocycles. The van der Waals surface area contributed by atoms with E-state index in [1.807, 2.05) is 18.3 Å². The van der Waals surface area contributed by atoms with Gasteiger partial charge in [0, 0.05) is 16.3 Å². The van der Waals surface area contributed by atoms with E-state index < -0.39 is 0 Å². The molecular weight excluding hydrogens is 236 g/mol. The standard InChI is InChI=1S/C12H16N2S2/c1-3-9(13)6-10-4-5-12(16-10)11-7-15-8(2)14-11/h4-5,7,9H,3,6,13H2,1-2H3. The van der Waals surface area contributed by atoms with Gasteiger partial charge in [-0.2, -0.15) is 0 Å². The number of hydrogen-bond acceptors (Lipinski definition) is 4. The van der Waals surface area contributed by atoms with E-state index in [0.29, 0.717) is 0 Å². The Hall–Kier alpha value is -0.710. The minimum absolute atomic E-state index is 0.281. The molecule has 86 valence electrons. The van der Waals surface area contributed by atoms with Crippen molar-refractivity contribution in [2.45, 2.75) is 32.7 Å². The van der Waals surface area contributed by atoms with E-state index in [-0.39, 0.29) is 6.04 Å². The number of aryl methyl sites for hydroxylation is 1. The third-order valence-electron chi connectivity index (χ3n) is 2.52. The minimum atomic E-state index is 0.281. The van der Waals surface area contributed by atoms with Gasteiger partial charge in [0.05, 0.1) is 15.6 Å². The van der Waals surface area contributed by atoms with Crippen LogP contribution >= 0.6 is 22.7 Å². The van der Waals surface area contributed by atoms with Crippen LogP contribution in [0.5, 0.6) is 0 Å². The fourth-order valence-electron chi connectivity index (χ4n) is 1.50. The third-order valence-corrected chi connectivity index (χ3v) is 4.42. The Morgan fingerprint density at radius 3 is 2.88 bits per heavy atom. The maximum Gasteiger partial charge on any atom is 0.0914 e. The molecule has 2 aromatic heterocycles. The molecule has 0 spiro atoms. The molecule has 2 N–H and O–H groups in total. The molecule has 0 aliphatic rings. The van der Waals surface area contributed by atoms with Crippen molar-refractivity contribution < 1.29 is 0 Å². The molecule has 2 nitrogen and oxygen atoms in total. The lowest BCUT2D eigenvalue weighted by molar-refractivity contribution is 0.652. The van der Waals surface area contributed by atoms with Gasteiger partial charge in [-0.05, 0) is 31.9 Å². The Kier molecular flexibility index (Phi) is 3.74. The molecule has 1 atom stereocenters. The monoisotopic (exact) mass is 252 g/mol. The van der Waals surface area contributed by atoms with Crippen molar-refractivity contribution in [1.29, 1.82) is 0 Å². The molecule has 2 aromatic rings. The van der Waals surface area contributed by atoms with Crippen LogP contribution < -0.4 is 5.73 Å². The summed E-state index contributed by atoms with van der Waals surface area (Å²) in [6.07, 6.45) is 2.01. The van der Waals surface area contributed by atoms with Crippen molar-refractivity contribution in [2.24, 2.45) is 5.73 Å². The van der Waals surface area contributed by atoms with Crippen LogP contribution in [0.3, 0.4) is 0 Å². The number of thiazole rings is 1. The summed E-state index contributed by atoms with van der Waals surface area (Å²) in [5.41, 5.74) is 7.05. The van der Waals surface area contributed by atoms with E-state index in [1.54, 1.807) is 11.3 Å². The second-order valence-electron chi connectivity index (χ2n) is 3.89. The van der Waals surface area contributed by atoms with Crippen LogP contribution in [0.15, 0.2) is 17.5 Å². The molecule has 0 fully saturated rings. The molecule has 0 aliphatic heterocycles. The SMILES string of the molecule is CCC(N)Cc1ccc(-c2csc(C)n2)s1. The molecule has 0 amide bonds. The highest BCUT2D eigenvalue weighted by Crippen LogP contribution is 2.29. The maximum absolute atomic E-state index is 5.95. The zero-order valence-corrected chi connectivity index (χ0v) is 11.2. The molecule has 2 rings (SSSR count). The highest BCUT2D eigenvalue weighted by atomic mass is 32.1. The number of hydrogen-bond donors (Lipinski definition) is 1. The highest BCUT2D eigenvalue weighted by Gasteiger charge is 2.08. The van der Waals surface area contributed by atoms with Crippen molar-refractivity contribution in [2.75, 3.05) is 0 Å². The van der Waals surface area contributed by atoms with Gasteiger partial charge < -0.3 is 5.73 Å². The lowest BCUT2D eigenvalue weighted by Crippen LogP contribution is -2.20. The average molecular weight is 252 g/mol. The number of aromatic nitrogens is 1. The van der Waals surface area contributed by atoms with Crippen molar-refractivity contribution in [3.63, 3.8) is 0 Å². The van der Waals surface area contributed by atoms with E-state index in [0.717, 1.165) is 23.5 Å². The lowest BCUT2D eigenvalue weighted by atomic mass is 10.1. The highest BCUT2D eigenvalue weighted by molar-refractivity contribution is 7.16. The van der Waals surface area contributed by atoms with Gasteiger partial charge in [0.2, 0.25) is 0 Å². The summed E-state index contributed by atoms with van der Waals surface area (Å²) in [4.78, 5) is 7.10. The number of thiophene rings is 1. The predicted octanol–water partition coefficient (Wildman–Crippen LogP) is 3.46. The van der Waals surface area contributed by atoms with Gasteiger partial charge in [-0.15, -0.1) is 22.7 Å². The van der Waals surface area contributed by atoms with Crippen molar-refractivity contribution >= 4 is 22.7 Å². The van der Waals surface area contributed by atoms with Gasteiger partial charge in [0.15, 0.2) is 0 Å². The predicted molar refractivity (Wildman–Crippen MR) is 72.1 cm³/mol. The van der Waals surface area contributed by atoms with Gasteiger partial charge >= 0.3 is 0 Å². The fraction of sp³-hybridized carbons (Fsp3) is 0.417. The van der Waals surface area contributed by atoms with Gasteiger partial charge in [0.25, 0.3) is 0 Å². The Bertz CT molecular complexity index is 459. The van der Waals surface area contributed by atoms with Crippen LogP contribution in [0.25, 0.3) is 10.6 Å². The van der Waals surface area contributed by atoms with Crippen LogP contribution in [0.4, 0.5) is 0 Å². The summed E-state index contributed by atoms with van der Waals surface area (Å²) < 4.78 is 0. The summed E-state index contributed by atoms with van der Waals surface area (Å²) >= 11 is 3.50. The Labute approximate surface area is 104 Å². The first kappa shape index (κ1) is 11.8. The zero-order valence-electron chi connectivity index (χ0n) is 9.56. The van der Waals surface area contributed by atoms with E-state index in [2.05, 4.69) is 29.4 Å². The van der Waals surface area contributed by atoms with Crippen molar-refractivity contribution in [1.82, 2.24) is 4.98 Å². The summed E-state index contributed by atoms with van der Waals surface area (Å²) in [7, 11) is 0.